The van der Waals surface area contributed by atoms with Crippen LogP contribution in [0.1, 0.15) is 57.2 Å². The summed E-state index contributed by atoms with van der Waals surface area (Å²) in [6.45, 7) is 8.95. The van der Waals surface area contributed by atoms with Crippen molar-refractivity contribution in [3.63, 3.8) is 0 Å². The fourth-order valence-electron chi connectivity index (χ4n) is 2.03. The van der Waals surface area contributed by atoms with Gasteiger partial charge >= 0.3 is 0 Å². The van der Waals surface area contributed by atoms with Crippen LogP contribution in [0.2, 0.25) is 0 Å². The standard InChI is InChI=1S/C16H26N2/c1-5-12-9-13(7-6-8-15(17)18)11-14(10-12)16(2,3)4/h9-11H,5-8H2,1-4H3,(H3,17,18). The molecule has 0 aliphatic heterocycles. The quantitative estimate of drug-likeness (QED) is 0.602. The fraction of sp³-hybridized carbons (Fsp3) is 0.562. The molecule has 18 heavy (non-hydrogen) atoms. The molecule has 0 atom stereocenters. The minimum atomic E-state index is 0.195. The smallest absolute Gasteiger partial charge is 0.0905 e. The lowest BCUT2D eigenvalue weighted by Gasteiger charge is -2.21. The molecule has 0 spiro atoms. The van der Waals surface area contributed by atoms with Crippen molar-refractivity contribution in [1.29, 1.82) is 5.41 Å². The van der Waals surface area contributed by atoms with Gasteiger partial charge < -0.3 is 5.73 Å². The monoisotopic (exact) mass is 246 g/mol. The maximum absolute atomic E-state index is 7.26. The molecular formula is C16H26N2. The van der Waals surface area contributed by atoms with E-state index in [4.69, 9.17) is 11.1 Å². The highest BCUT2D eigenvalue weighted by atomic mass is 14.7. The number of aryl methyl sites for hydroxylation is 2. The Hall–Kier alpha value is -1.31. The zero-order valence-electron chi connectivity index (χ0n) is 12.1. The highest BCUT2D eigenvalue weighted by Gasteiger charge is 2.14. The molecule has 0 saturated carbocycles. The maximum Gasteiger partial charge on any atom is 0.0905 e. The lowest BCUT2D eigenvalue weighted by molar-refractivity contribution is 0.588. The van der Waals surface area contributed by atoms with Crippen LogP contribution < -0.4 is 5.73 Å². The van der Waals surface area contributed by atoms with Gasteiger partial charge in [0.1, 0.15) is 0 Å². The zero-order chi connectivity index (χ0) is 13.8. The molecule has 0 aliphatic rings. The van der Waals surface area contributed by atoms with Crippen molar-refractivity contribution in [3.05, 3.63) is 34.9 Å². The summed E-state index contributed by atoms with van der Waals surface area (Å²) in [5, 5.41) is 7.26. The van der Waals surface area contributed by atoms with Crippen LogP contribution >= 0.6 is 0 Å². The average molecular weight is 246 g/mol. The topological polar surface area (TPSA) is 49.9 Å². The molecule has 1 rings (SSSR count). The first-order valence-electron chi connectivity index (χ1n) is 6.79. The lowest BCUT2D eigenvalue weighted by atomic mass is 9.84. The molecule has 0 aromatic heterocycles. The Morgan fingerprint density at radius 3 is 2.28 bits per heavy atom. The molecule has 0 heterocycles. The summed E-state index contributed by atoms with van der Waals surface area (Å²) in [7, 11) is 0. The Labute approximate surface area is 111 Å². The normalized spacial score (nSPS) is 11.6. The number of benzene rings is 1. The maximum atomic E-state index is 7.26. The average Bonchev–Trinajstić information content (AvgIpc) is 2.27. The Morgan fingerprint density at radius 1 is 1.17 bits per heavy atom. The lowest BCUT2D eigenvalue weighted by Crippen LogP contribution is -2.12. The van der Waals surface area contributed by atoms with E-state index in [1.165, 1.54) is 16.7 Å². The summed E-state index contributed by atoms with van der Waals surface area (Å²) in [4.78, 5) is 0. The molecule has 1 aromatic carbocycles. The van der Waals surface area contributed by atoms with Crippen LogP contribution in [-0.2, 0) is 18.3 Å². The number of nitrogens with one attached hydrogen (secondary N) is 1. The van der Waals surface area contributed by atoms with Gasteiger partial charge in [0.15, 0.2) is 0 Å². The van der Waals surface area contributed by atoms with Crippen molar-refractivity contribution in [2.24, 2.45) is 5.73 Å². The van der Waals surface area contributed by atoms with Crippen LogP contribution in [0.15, 0.2) is 18.2 Å². The number of hydrogen-bond acceptors (Lipinski definition) is 1. The van der Waals surface area contributed by atoms with Gasteiger partial charge in [-0.25, -0.2) is 0 Å². The van der Waals surface area contributed by atoms with Gasteiger partial charge in [-0.3, -0.25) is 5.41 Å². The SMILES string of the molecule is CCc1cc(CCCC(=N)N)cc(C(C)(C)C)c1. The molecule has 0 fully saturated rings. The van der Waals surface area contributed by atoms with Gasteiger partial charge in [0, 0.05) is 6.42 Å². The second-order valence-corrected chi connectivity index (χ2v) is 6.02. The van der Waals surface area contributed by atoms with E-state index in [0.29, 0.717) is 6.42 Å². The minimum absolute atomic E-state index is 0.195. The molecule has 0 saturated heterocycles. The van der Waals surface area contributed by atoms with Crippen LogP contribution in [-0.4, -0.2) is 5.84 Å². The number of hydrogen-bond donors (Lipinski definition) is 2. The third-order valence-corrected chi connectivity index (χ3v) is 3.24. The Morgan fingerprint density at radius 2 is 1.78 bits per heavy atom. The summed E-state index contributed by atoms with van der Waals surface area (Å²) in [5.74, 6) is 0.290. The summed E-state index contributed by atoms with van der Waals surface area (Å²) in [6, 6.07) is 6.91. The van der Waals surface area contributed by atoms with E-state index in [-0.39, 0.29) is 11.3 Å². The van der Waals surface area contributed by atoms with E-state index < -0.39 is 0 Å². The van der Waals surface area contributed by atoms with Gasteiger partial charge in [0.05, 0.1) is 5.84 Å². The van der Waals surface area contributed by atoms with Gasteiger partial charge in [-0.1, -0.05) is 45.9 Å². The van der Waals surface area contributed by atoms with E-state index in [1.54, 1.807) is 0 Å². The van der Waals surface area contributed by atoms with Crippen LogP contribution in [0.3, 0.4) is 0 Å². The van der Waals surface area contributed by atoms with Gasteiger partial charge in [-0.2, -0.15) is 0 Å². The van der Waals surface area contributed by atoms with Crippen molar-refractivity contribution < 1.29 is 0 Å². The van der Waals surface area contributed by atoms with E-state index in [2.05, 4.69) is 45.9 Å². The summed E-state index contributed by atoms with van der Waals surface area (Å²) < 4.78 is 0. The van der Waals surface area contributed by atoms with E-state index >= 15 is 0 Å². The third-order valence-electron chi connectivity index (χ3n) is 3.24. The zero-order valence-corrected chi connectivity index (χ0v) is 12.1. The molecule has 0 unspecified atom stereocenters. The Balaban J connectivity index is 2.87. The largest absolute Gasteiger partial charge is 0.388 e. The first-order chi connectivity index (χ1) is 8.32. The van der Waals surface area contributed by atoms with Crippen molar-refractivity contribution in [2.75, 3.05) is 0 Å². The molecule has 1 aromatic rings. The number of rotatable bonds is 5. The minimum Gasteiger partial charge on any atom is -0.388 e. The highest BCUT2D eigenvalue weighted by Crippen LogP contribution is 2.25. The predicted molar refractivity (Wildman–Crippen MR) is 79.4 cm³/mol. The summed E-state index contributed by atoms with van der Waals surface area (Å²) in [5.41, 5.74) is 9.77. The first kappa shape index (κ1) is 14.7. The van der Waals surface area contributed by atoms with Gasteiger partial charge in [0.2, 0.25) is 0 Å². The second kappa shape index (κ2) is 6.03. The predicted octanol–water partition coefficient (Wildman–Crippen LogP) is 3.81. The molecule has 0 bridgehead atoms. The van der Waals surface area contributed by atoms with Crippen molar-refractivity contribution in [1.82, 2.24) is 0 Å². The molecule has 0 aliphatic carbocycles. The van der Waals surface area contributed by atoms with Gasteiger partial charge in [0.25, 0.3) is 0 Å². The highest BCUT2D eigenvalue weighted by molar-refractivity contribution is 5.76. The van der Waals surface area contributed by atoms with Gasteiger partial charge in [-0.15, -0.1) is 0 Å². The van der Waals surface area contributed by atoms with Crippen LogP contribution in [0.5, 0.6) is 0 Å². The first-order valence-corrected chi connectivity index (χ1v) is 6.79. The molecule has 2 heteroatoms. The van der Waals surface area contributed by atoms with Crippen LogP contribution in [0.25, 0.3) is 0 Å². The van der Waals surface area contributed by atoms with Crippen molar-refractivity contribution in [2.45, 2.75) is 58.8 Å². The summed E-state index contributed by atoms with van der Waals surface area (Å²) in [6.07, 6.45) is 3.74. The molecule has 100 valence electrons. The van der Waals surface area contributed by atoms with Crippen molar-refractivity contribution in [3.8, 4) is 0 Å². The van der Waals surface area contributed by atoms with Gasteiger partial charge in [-0.05, 0) is 41.4 Å². The van der Waals surface area contributed by atoms with Crippen LogP contribution in [0, 0.1) is 5.41 Å². The fourth-order valence-corrected chi connectivity index (χ4v) is 2.03. The Bertz CT molecular complexity index is 414. The van der Waals surface area contributed by atoms with Crippen LogP contribution in [0.4, 0.5) is 0 Å². The molecule has 0 amide bonds. The number of nitrogens with two attached hydrogens (primary N) is 1. The Kier molecular flexibility index (Phi) is 4.94. The molecule has 0 radical (unpaired) electrons. The molecule has 3 N–H and O–H groups in total. The summed E-state index contributed by atoms with van der Waals surface area (Å²) >= 11 is 0. The second-order valence-electron chi connectivity index (χ2n) is 6.02. The van der Waals surface area contributed by atoms with Crippen molar-refractivity contribution >= 4 is 5.84 Å². The van der Waals surface area contributed by atoms with E-state index in [9.17, 15) is 0 Å². The van der Waals surface area contributed by atoms with E-state index in [1.807, 2.05) is 0 Å². The molecular weight excluding hydrogens is 220 g/mol. The van der Waals surface area contributed by atoms with E-state index in [0.717, 1.165) is 19.3 Å². The number of amidine groups is 1. The molecule has 2 nitrogen and oxygen atoms in total. The third kappa shape index (κ3) is 4.52.